The van der Waals surface area contributed by atoms with Crippen LogP contribution >= 0.6 is 0 Å². The Morgan fingerprint density at radius 3 is 2.63 bits per heavy atom. The number of alkyl halides is 3. The first-order valence-corrected chi connectivity index (χ1v) is 9.37. The molecule has 2 aliphatic rings. The topological polar surface area (TPSA) is 150 Å². The minimum Gasteiger partial charge on any atom is -0.368 e. The Balaban J connectivity index is 1.79. The van der Waals surface area contributed by atoms with Crippen LogP contribution in [0, 0.1) is 0 Å². The number of nitrogens with two attached hydrogens (primary N) is 1. The quantitative estimate of drug-likeness (QED) is 0.467. The maximum atomic E-state index is 13.0. The normalized spacial score (nSPS) is 22.6. The average molecular weight is 430 g/mol. The lowest BCUT2D eigenvalue weighted by molar-refractivity contribution is -0.144. The third kappa shape index (κ3) is 4.71. The van der Waals surface area contributed by atoms with Crippen molar-refractivity contribution in [3.05, 3.63) is 17.7 Å². The van der Waals surface area contributed by atoms with Gasteiger partial charge in [-0.3, -0.25) is 19.2 Å². The van der Waals surface area contributed by atoms with E-state index in [1.165, 1.54) is 4.90 Å². The van der Waals surface area contributed by atoms with Gasteiger partial charge in [0.1, 0.15) is 18.1 Å². The van der Waals surface area contributed by atoms with Crippen LogP contribution in [0.2, 0.25) is 0 Å². The summed E-state index contributed by atoms with van der Waals surface area (Å²) in [5, 5.41) is 4.95. The Labute approximate surface area is 168 Å². The monoisotopic (exact) mass is 430 g/mol. The Kier molecular flexibility index (Phi) is 5.99. The van der Waals surface area contributed by atoms with E-state index in [2.05, 4.69) is 20.6 Å². The van der Waals surface area contributed by atoms with Crippen LogP contribution in [0.15, 0.2) is 6.20 Å². The second-order valence-electron chi connectivity index (χ2n) is 7.27. The van der Waals surface area contributed by atoms with E-state index in [4.69, 9.17) is 5.73 Å². The van der Waals surface area contributed by atoms with Crippen molar-refractivity contribution in [1.29, 1.82) is 0 Å². The van der Waals surface area contributed by atoms with Crippen molar-refractivity contribution >= 4 is 23.6 Å². The van der Waals surface area contributed by atoms with Gasteiger partial charge in [-0.2, -0.15) is 13.2 Å². The summed E-state index contributed by atoms with van der Waals surface area (Å²) in [6.07, 6.45) is -2.78. The highest BCUT2D eigenvalue weighted by atomic mass is 19.4. The number of likely N-dealkylation sites (tertiary alicyclic amines) is 1. The molecule has 3 atom stereocenters. The molecule has 10 nitrogen and oxygen atoms in total. The zero-order valence-corrected chi connectivity index (χ0v) is 15.8. The summed E-state index contributed by atoms with van der Waals surface area (Å²) in [5.41, 5.74) is 5.32. The van der Waals surface area contributed by atoms with Gasteiger partial charge in [-0.25, -0.2) is 4.98 Å². The molecule has 1 aromatic heterocycles. The molecule has 0 bridgehead atoms. The van der Waals surface area contributed by atoms with E-state index in [1.807, 2.05) is 0 Å². The molecule has 0 spiro atoms. The van der Waals surface area contributed by atoms with Crippen LogP contribution in [0.5, 0.6) is 0 Å². The zero-order chi connectivity index (χ0) is 22.1. The van der Waals surface area contributed by atoms with Crippen LogP contribution in [0.3, 0.4) is 0 Å². The molecule has 164 valence electrons. The fourth-order valence-electron chi connectivity index (χ4n) is 3.64. The number of primary amides is 1. The fraction of sp³-hybridized carbons (Fsp3) is 0.588. The number of nitrogens with zero attached hydrogens (tertiary/aromatic N) is 2. The van der Waals surface area contributed by atoms with Gasteiger partial charge in [-0.05, 0) is 19.3 Å². The Morgan fingerprint density at radius 2 is 2.07 bits per heavy atom. The number of nitrogens with one attached hydrogen (secondary N) is 3. The Bertz CT molecular complexity index is 855. The molecule has 0 saturated carbocycles. The van der Waals surface area contributed by atoms with Crippen molar-refractivity contribution in [3.8, 4) is 0 Å². The van der Waals surface area contributed by atoms with Gasteiger partial charge in [-0.1, -0.05) is 0 Å². The van der Waals surface area contributed by atoms with Crippen molar-refractivity contribution < 1.29 is 32.3 Å². The number of aromatic nitrogens is 2. The number of amides is 4. The van der Waals surface area contributed by atoms with Gasteiger partial charge >= 0.3 is 6.18 Å². The van der Waals surface area contributed by atoms with Gasteiger partial charge < -0.3 is 26.3 Å². The lowest BCUT2D eigenvalue weighted by Gasteiger charge is -2.28. The first-order valence-electron chi connectivity index (χ1n) is 9.37. The summed E-state index contributed by atoms with van der Waals surface area (Å²) in [6.45, 7) is 0.232. The van der Waals surface area contributed by atoms with E-state index < -0.39 is 47.8 Å². The average Bonchev–Trinajstić information content (AvgIpc) is 3.39. The fourth-order valence-corrected chi connectivity index (χ4v) is 3.64. The molecule has 3 rings (SSSR count). The predicted octanol–water partition coefficient (Wildman–Crippen LogP) is -0.789. The summed E-state index contributed by atoms with van der Waals surface area (Å²) >= 11 is 0. The number of hydrogen-bond donors (Lipinski definition) is 4. The number of rotatable bonds is 6. The predicted molar refractivity (Wildman–Crippen MR) is 94.3 cm³/mol. The molecule has 0 aromatic carbocycles. The molecule has 2 saturated heterocycles. The molecule has 2 fully saturated rings. The minimum atomic E-state index is -4.69. The van der Waals surface area contributed by atoms with Crippen molar-refractivity contribution in [2.45, 2.75) is 56.4 Å². The van der Waals surface area contributed by atoms with Gasteiger partial charge in [-0.15, -0.1) is 0 Å². The van der Waals surface area contributed by atoms with Crippen LogP contribution in [-0.2, 0) is 31.8 Å². The standard InChI is InChI=1S/C17H21F3N6O4/c18-17(19,20)16-22-7-8(23-16)6-10(25-14(29)9-3-4-12(27)24-9)15(30)26-5-1-2-11(26)13(21)28/h7,9-11H,1-6H2,(H2,21,28)(H,22,23)(H,24,27)(H,25,29)/t9-,10-,11-/m0/s1. The minimum absolute atomic E-state index is 0.0220. The summed E-state index contributed by atoms with van der Waals surface area (Å²) < 4.78 is 38.4. The lowest BCUT2D eigenvalue weighted by Crippen LogP contribution is -2.56. The van der Waals surface area contributed by atoms with Crippen LogP contribution in [-0.4, -0.2) is 63.2 Å². The highest BCUT2D eigenvalue weighted by molar-refractivity contribution is 5.95. The molecule has 0 aliphatic carbocycles. The summed E-state index contributed by atoms with van der Waals surface area (Å²) in [5.74, 6) is -3.51. The molecule has 4 amide bonds. The SMILES string of the molecule is NC(=O)[C@@H]1CCCN1C(=O)[C@H](Cc1cnc(C(F)(F)F)[nH]1)NC(=O)[C@@H]1CCC(=O)N1. The highest BCUT2D eigenvalue weighted by Crippen LogP contribution is 2.26. The number of hydrogen-bond acceptors (Lipinski definition) is 5. The van der Waals surface area contributed by atoms with E-state index in [-0.39, 0.29) is 37.4 Å². The number of imidazole rings is 1. The van der Waals surface area contributed by atoms with Crippen molar-refractivity contribution in [1.82, 2.24) is 25.5 Å². The largest absolute Gasteiger partial charge is 0.449 e. The van der Waals surface area contributed by atoms with Crippen LogP contribution in [0.1, 0.15) is 37.2 Å². The van der Waals surface area contributed by atoms with Crippen LogP contribution in [0.4, 0.5) is 13.2 Å². The molecule has 3 heterocycles. The first-order chi connectivity index (χ1) is 14.1. The molecular formula is C17H21F3N6O4. The number of H-pyrrole nitrogens is 1. The molecule has 0 unspecified atom stereocenters. The van der Waals surface area contributed by atoms with Crippen LogP contribution < -0.4 is 16.4 Å². The Hall–Kier alpha value is -3.12. The van der Waals surface area contributed by atoms with E-state index in [1.54, 1.807) is 0 Å². The van der Waals surface area contributed by atoms with Gasteiger partial charge in [0, 0.05) is 31.3 Å². The van der Waals surface area contributed by atoms with E-state index in [0.29, 0.717) is 12.8 Å². The first kappa shape index (κ1) is 21.6. The van der Waals surface area contributed by atoms with Gasteiger partial charge in [0.2, 0.25) is 29.5 Å². The number of carbonyl (C=O) groups is 4. The van der Waals surface area contributed by atoms with E-state index >= 15 is 0 Å². The Morgan fingerprint density at radius 1 is 1.33 bits per heavy atom. The van der Waals surface area contributed by atoms with E-state index in [9.17, 15) is 32.3 Å². The molecular weight excluding hydrogens is 409 g/mol. The van der Waals surface area contributed by atoms with Gasteiger partial charge in [0.25, 0.3) is 0 Å². The second-order valence-corrected chi connectivity index (χ2v) is 7.27. The van der Waals surface area contributed by atoms with E-state index in [0.717, 1.165) is 6.20 Å². The van der Waals surface area contributed by atoms with Crippen molar-refractivity contribution in [2.75, 3.05) is 6.54 Å². The molecule has 0 radical (unpaired) electrons. The lowest BCUT2D eigenvalue weighted by atomic mass is 10.1. The smallest absolute Gasteiger partial charge is 0.368 e. The highest BCUT2D eigenvalue weighted by Gasteiger charge is 2.39. The van der Waals surface area contributed by atoms with Gasteiger partial charge in [0.15, 0.2) is 0 Å². The number of aromatic amines is 1. The maximum Gasteiger partial charge on any atom is 0.449 e. The molecule has 13 heteroatoms. The van der Waals surface area contributed by atoms with Crippen LogP contribution in [0.25, 0.3) is 0 Å². The molecule has 1 aromatic rings. The second kappa shape index (κ2) is 8.32. The summed E-state index contributed by atoms with van der Waals surface area (Å²) in [6, 6.07) is -2.96. The summed E-state index contributed by atoms with van der Waals surface area (Å²) in [4.78, 5) is 55.1. The summed E-state index contributed by atoms with van der Waals surface area (Å²) in [7, 11) is 0. The molecule has 5 N–H and O–H groups in total. The van der Waals surface area contributed by atoms with Crippen molar-refractivity contribution in [2.24, 2.45) is 5.73 Å². The molecule has 30 heavy (non-hydrogen) atoms. The maximum absolute atomic E-state index is 13.0. The van der Waals surface area contributed by atoms with Gasteiger partial charge in [0.05, 0.1) is 0 Å². The van der Waals surface area contributed by atoms with Crippen molar-refractivity contribution in [3.63, 3.8) is 0 Å². The number of carbonyl (C=O) groups excluding carboxylic acids is 4. The zero-order valence-electron chi connectivity index (χ0n) is 15.8. The third-order valence-corrected chi connectivity index (χ3v) is 5.11. The molecule has 2 aliphatic heterocycles. The third-order valence-electron chi connectivity index (χ3n) is 5.11. The number of halogens is 3.